The van der Waals surface area contributed by atoms with Crippen LogP contribution in [0.4, 0.5) is 5.69 Å². The SMILES string of the molecule is Nc1cc2c(cc1C(=O)N1CCCCC1CCO)OCO2. The van der Waals surface area contributed by atoms with Crippen molar-refractivity contribution < 1.29 is 19.4 Å². The second-order valence-electron chi connectivity index (χ2n) is 5.45. The van der Waals surface area contributed by atoms with Crippen molar-refractivity contribution in [3.05, 3.63) is 17.7 Å². The molecule has 1 aromatic rings. The number of hydrogen-bond acceptors (Lipinski definition) is 5. The molecular formula is C15H20N2O4. The Balaban J connectivity index is 1.87. The number of benzene rings is 1. The van der Waals surface area contributed by atoms with Gasteiger partial charge in [0.2, 0.25) is 6.79 Å². The second kappa shape index (κ2) is 5.81. The summed E-state index contributed by atoms with van der Waals surface area (Å²) < 4.78 is 10.6. The van der Waals surface area contributed by atoms with Crippen LogP contribution in [0.3, 0.4) is 0 Å². The van der Waals surface area contributed by atoms with Crippen LogP contribution in [0.1, 0.15) is 36.0 Å². The summed E-state index contributed by atoms with van der Waals surface area (Å²) in [5.41, 5.74) is 6.84. The minimum atomic E-state index is -0.0936. The third kappa shape index (κ3) is 2.63. The summed E-state index contributed by atoms with van der Waals surface area (Å²) in [6.07, 6.45) is 3.61. The van der Waals surface area contributed by atoms with Crippen molar-refractivity contribution in [3.8, 4) is 11.5 Å². The van der Waals surface area contributed by atoms with Crippen LogP contribution in [0.15, 0.2) is 12.1 Å². The predicted molar refractivity (Wildman–Crippen MR) is 77.4 cm³/mol. The van der Waals surface area contributed by atoms with Crippen LogP contribution in [0, 0.1) is 0 Å². The van der Waals surface area contributed by atoms with Gasteiger partial charge < -0.3 is 25.2 Å². The number of nitrogen functional groups attached to an aromatic ring is 1. The number of amides is 1. The number of fused-ring (bicyclic) bond motifs is 1. The van der Waals surface area contributed by atoms with E-state index in [1.807, 2.05) is 4.90 Å². The molecule has 1 amide bonds. The molecule has 0 aromatic heterocycles. The van der Waals surface area contributed by atoms with Crippen molar-refractivity contribution >= 4 is 11.6 Å². The first-order chi connectivity index (χ1) is 10.2. The van der Waals surface area contributed by atoms with E-state index in [9.17, 15) is 9.90 Å². The van der Waals surface area contributed by atoms with Crippen LogP contribution < -0.4 is 15.2 Å². The van der Waals surface area contributed by atoms with E-state index < -0.39 is 0 Å². The van der Waals surface area contributed by atoms with E-state index in [1.54, 1.807) is 12.1 Å². The van der Waals surface area contributed by atoms with Gasteiger partial charge in [-0.05, 0) is 31.7 Å². The Labute approximate surface area is 123 Å². The first-order valence-corrected chi connectivity index (χ1v) is 7.31. The molecule has 1 unspecified atom stereocenters. The normalized spacial score (nSPS) is 20.6. The van der Waals surface area contributed by atoms with Crippen molar-refractivity contribution in [2.24, 2.45) is 0 Å². The van der Waals surface area contributed by atoms with Crippen LogP contribution in [-0.2, 0) is 0 Å². The number of anilines is 1. The number of carbonyl (C=O) groups excluding carboxylic acids is 1. The zero-order valence-electron chi connectivity index (χ0n) is 11.9. The molecule has 3 rings (SSSR count). The molecular weight excluding hydrogens is 272 g/mol. The Morgan fingerprint density at radius 2 is 2.10 bits per heavy atom. The lowest BCUT2D eigenvalue weighted by atomic mass is 9.98. The van der Waals surface area contributed by atoms with Gasteiger partial charge >= 0.3 is 0 Å². The van der Waals surface area contributed by atoms with Gasteiger partial charge in [0.1, 0.15) is 0 Å². The van der Waals surface area contributed by atoms with E-state index in [0.29, 0.717) is 35.7 Å². The molecule has 21 heavy (non-hydrogen) atoms. The van der Waals surface area contributed by atoms with Gasteiger partial charge in [0.05, 0.1) is 5.56 Å². The fourth-order valence-corrected chi connectivity index (χ4v) is 3.01. The number of nitrogens with zero attached hydrogens (tertiary/aromatic N) is 1. The molecule has 0 aliphatic carbocycles. The first-order valence-electron chi connectivity index (χ1n) is 7.31. The number of hydrogen-bond donors (Lipinski definition) is 2. The molecule has 114 valence electrons. The highest BCUT2D eigenvalue weighted by Crippen LogP contribution is 2.37. The summed E-state index contributed by atoms with van der Waals surface area (Å²) >= 11 is 0. The van der Waals surface area contributed by atoms with Crippen molar-refractivity contribution in [3.63, 3.8) is 0 Å². The fraction of sp³-hybridized carbons (Fsp3) is 0.533. The van der Waals surface area contributed by atoms with Gasteiger partial charge in [-0.3, -0.25) is 4.79 Å². The molecule has 0 bridgehead atoms. The summed E-state index contributed by atoms with van der Waals surface area (Å²) in [7, 11) is 0. The smallest absolute Gasteiger partial charge is 0.256 e. The Kier molecular flexibility index (Phi) is 3.88. The lowest BCUT2D eigenvalue weighted by Crippen LogP contribution is -2.44. The molecule has 0 radical (unpaired) electrons. The highest BCUT2D eigenvalue weighted by atomic mass is 16.7. The first kappa shape index (κ1) is 14.0. The Morgan fingerprint density at radius 3 is 2.86 bits per heavy atom. The maximum absolute atomic E-state index is 12.8. The highest BCUT2D eigenvalue weighted by Gasteiger charge is 2.29. The summed E-state index contributed by atoms with van der Waals surface area (Å²) in [4.78, 5) is 14.6. The summed E-state index contributed by atoms with van der Waals surface area (Å²) in [6, 6.07) is 3.38. The van der Waals surface area contributed by atoms with Crippen molar-refractivity contribution in [2.75, 3.05) is 25.7 Å². The number of aliphatic hydroxyl groups excluding tert-OH is 1. The number of ether oxygens (including phenoxy) is 2. The van der Waals surface area contributed by atoms with Crippen LogP contribution >= 0.6 is 0 Å². The van der Waals surface area contributed by atoms with E-state index in [1.165, 1.54) is 0 Å². The molecule has 6 heteroatoms. The van der Waals surface area contributed by atoms with E-state index >= 15 is 0 Å². The lowest BCUT2D eigenvalue weighted by Gasteiger charge is -2.35. The maximum atomic E-state index is 12.8. The van der Waals surface area contributed by atoms with Crippen LogP contribution in [-0.4, -0.2) is 41.9 Å². The summed E-state index contributed by atoms with van der Waals surface area (Å²) in [6.45, 7) is 0.950. The van der Waals surface area contributed by atoms with Crippen LogP contribution in [0.25, 0.3) is 0 Å². The lowest BCUT2D eigenvalue weighted by molar-refractivity contribution is 0.0575. The van der Waals surface area contributed by atoms with E-state index in [0.717, 1.165) is 19.3 Å². The molecule has 3 N–H and O–H groups in total. The van der Waals surface area contributed by atoms with Crippen molar-refractivity contribution in [1.82, 2.24) is 4.90 Å². The highest BCUT2D eigenvalue weighted by molar-refractivity contribution is 6.00. The Bertz CT molecular complexity index is 545. The van der Waals surface area contributed by atoms with Gasteiger partial charge in [0.15, 0.2) is 11.5 Å². The Hall–Kier alpha value is -1.95. The van der Waals surface area contributed by atoms with Crippen molar-refractivity contribution in [2.45, 2.75) is 31.7 Å². The number of piperidine rings is 1. The predicted octanol–water partition coefficient (Wildman–Crippen LogP) is 1.37. The molecule has 0 saturated carbocycles. The quantitative estimate of drug-likeness (QED) is 0.822. The molecule has 1 fully saturated rings. The largest absolute Gasteiger partial charge is 0.454 e. The fourth-order valence-electron chi connectivity index (χ4n) is 3.01. The summed E-state index contributed by atoms with van der Waals surface area (Å²) in [5, 5.41) is 9.17. The molecule has 6 nitrogen and oxygen atoms in total. The monoisotopic (exact) mass is 292 g/mol. The molecule has 1 saturated heterocycles. The third-order valence-electron chi connectivity index (χ3n) is 4.13. The summed E-state index contributed by atoms with van der Waals surface area (Å²) in [5.74, 6) is 1.04. The van der Waals surface area contributed by atoms with Gasteiger partial charge in [0.25, 0.3) is 5.91 Å². The average Bonchev–Trinajstić information content (AvgIpc) is 2.94. The maximum Gasteiger partial charge on any atom is 0.256 e. The van der Waals surface area contributed by atoms with Crippen LogP contribution in [0.2, 0.25) is 0 Å². The molecule has 1 atom stereocenters. The van der Waals surface area contributed by atoms with Gasteiger partial charge in [-0.15, -0.1) is 0 Å². The van der Waals surface area contributed by atoms with E-state index in [2.05, 4.69) is 0 Å². The Morgan fingerprint density at radius 1 is 1.33 bits per heavy atom. The molecule has 1 aromatic carbocycles. The van der Waals surface area contributed by atoms with Crippen LogP contribution in [0.5, 0.6) is 11.5 Å². The number of nitrogens with two attached hydrogens (primary N) is 1. The minimum absolute atomic E-state index is 0.0843. The molecule has 2 aliphatic heterocycles. The van der Waals surface area contributed by atoms with Crippen molar-refractivity contribution in [1.29, 1.82) is 0 Å². The molecule has 2 aliphatic rings. The number of rotatable bonds is 3. The van der Waals surface area contributed by atoms with E-state index in [4.69, 9.17) is 15.2 Å². The van der Waals surface area contributed by atoms with Gasteiger partial charge in [-0.25, -0.2) is 0 Å². The number of likely N-dealkylation sites (tertiary alicyclic amines) is 1. The molecule has 0 spiro atoms. The molecule has 2 heterocycles. The second-order valence-corrected chi connectivity index (χ2v) is 5.45. The van der Waals surface area contributed by atoms with Gasteiger partial charge in [-0.1, -0.05) is 0 Å². The van der Waals surface area contributed by atoms with Gasteiger partial charge in [0, 0.05) is 30.9 Å². The number of aliphatic hydroxyl groups is 1. The minimum Gasteiger partial charge on any atom is -0.454 e. The third-order valence-corrected chi connectivity index (χ3v) is 4.13. The number of carbonyl (C=O) groups is 1. The average molecular weight is 292 g/mol. The van der Waals surface area contributed by atoms with E-state index in [-0.39, 0.29) is 25.3 Å². The zero-order valence-corrected chi connectivity index (χ0v) is 11.9. The van der Waals surface area contributed by atoms with Gasteiger partial charge in [-0.2, -0.15) is 0 Å². The topological polar surface area (TPSA) is 85.0 Å². The standard InChI is InChI=1S/C15H20N2O4/c16-12-8-14-13(20-9-21-14)7-11(12)15(19)17-5-2-1-3-10(17)4-6-18/h7-8,10,18H,1-6,9,16H2. The zero-order chi connectivity index (χ0) is 14.8.